The zero-order chi connectivity index (χ0) is 15.9. The van der Waals surface area contributed by atoms with Gasteiger partial charge in [0.05, 0.1) is 6.26 Å². The van der Waals surface area contributed by atoms with E-state index in [0.717, 1.165) is 64.3 Å². The molecular weight excluding hydrogens is 276 g/mol. The standard InChI is InChI=1S/C19H22O3/c1-5-6-7-8-14-12(3)16-9-15-11(2)10-21-17(15)13(4)18(16)22-19(14)20/h9-10H,5-8H2,1-4H3. The molecule has 3 rings (SSSR count). The zero-order valence-corrected chi connectivity index (χ0v) is 13.7. The largest absolute Gasteiger partial charge is 0.464 e. The van der Waals surface area contributed by atoms with Crippen molar-refractivity contribution in [3.63, 3.8) is 0 Å². The Balaban J connectivity index is 2.27. The molecule has 0 atom stereocenters. The van der Waals surface area contributed by atoms with Gasteiger partial charge in [-0.2, -0.15) is 0 Å². The van der Waals surface area contributed by atoms with Crippen LogP contribution in [0.2, 0.25) is 0 Å². The van der Waals surface area contributed by atoms with E-state index in [1.165, 1.54) is 0 Å². The first-order valence-corrected chi connectivity index (χ1v) is 7.98. The Morgan fingerprint density at radius 3 is 2.50 bits per heavy atom. The SMILES string of the molecule is CCCCCc1c(C)c2cc3c(C)coc3c(C)c2oc1=O. The van der Waals surface area contributed by atoms with E-state index in [1.54, 1.807) is 6.26 Å². The fourth-order valence-electron chi connectivity index (χ4n) is 3.16. The fourth-order valence-corrected chi connectivity index (χ4v) is 3.16. The van der Waals surface area contributed by atoms with E-state index in [4.69, 9.17) is 8.83 Å². The third-order valence-electron chi connectivity index (χ3n) is 4.57. The molecular formula is C19H22O3. The van der Waals surface area contributed by atoms with Gasteiger partial charge in [-0.25, -0.2) is 4.79 Å². The number of benzene rings is 1. The van der Waals surface area contributed by atoms with Crippen LogP contribution in [0.1, 0.15) is 48.4 Å². The summed E-state index contributed by atoms with van der Waals surface area (Å²) < 4.78 is 11.3. The molecule has 0 unspecified atom stereocenters. The number of furan rings is 1. The normalized spacial score (nSPS) is 11.6. The van der Waals surface area contributed by atoms with Gasteiger partial charge in [0.1, 0.15) is 11.2 Å². The Kier molecular flexibility index (Phi) is 3.81. The summed E-state index contributed by atoms with van der Waals surface area (Å²) in [4.78, 5) is 12.3. The molecule has 0 N–H and O–H groups in total. The summed E-state index contributed by atoms with van der Waals surface area (Å²) >= 11 is 0. The summed E-state index contributed by atoms with van der Waals surface area (Å²) in [5.41, 5.74) is 5.15. The van der Waals surface area contributed by atoms with E-state index in [-0.39, 0.29) is 5.63 Å². The minimum absolute atomic E-state index is 0.202. The van der Waals surface area contributed by atoms with E-state index >= 15 is 0 Å². The van der Waals surface area contributed by atoms with E-state index in [0.29, 0.717) is 5.58 Å². The average molecular weight is 298 g/mol. The molecule has 2 heterocycles. The summed E-state index contributed by atoms with van der Waals surface area (Å²) in [6.45, 7) is 8.18. The second-order valence-corrected chi connectivity index (χ2v) is 6.12. The number of hydrogen-bond acceptors (Lipinski definition) is 3. The Labute approximate surface area is 129 Å². The molecule has 1 aromatic carbocycles. The Morgan fingerprint density at radius 2 is 1.77 bits per heavy atom. The van der Waals surface area contributed by atoms with Crippen LogP contribution in [0.3, 0.4) is 0 Å². The lowest BCUT2D eigenvalue weighted by Gasteiger charge is -2.09. The van der Waals surface area contributed by atoms with E-state index in [1.807, 2.05) is 20.8 Å². The van der Waals surface area contributed by atoms with E-state index in [2.05, 4.69) is 13.0 Å². The number of aryl methyl sites for hydroxylation is 3. The molecule has 0 saturated carbocycles. The first kappa shape index (κ1) is 14.9. The van der Waals surface area contributed by atoms with E-state index in [9.17, 15) is 4.79 Å². The van der Waals surface area contributed by atoms with Crippen LogP contribution in [0.15, 0.2) is 26.0 Å². The maximum absolute atomic E-state index is 12.3. The molecule has 0 spiro atoms. The minimum atomic E-state index is -0.202. The highest BCUT2D eigenvalue weighted by atomic mass is 16.4. The lowest BCUT2D eigenvalue weighted by atomic mass is 9.98. The van der Waals surface area contributed by atoms with E-state index < -0.39 is 0 Å². The summed E-state index contributed by atoms with van der Waals surface area (Å²) in [5.74, 6) is 0. The minimum Gasteiger partial charge on any atom is -0.464 e. The number of rotatable bonds is 4. The molecule has 0 amide bonds. The van der Waals surface area contributed by atoms with Crippen molar-refractivity contribution in [3.05, 3.63) is 45.0 Å². The molecule has 116 valence electrons. The van der Waals surface area contributed by atoms with Gasteiger partial charge in [0.2, 0.25) is 0 Å². The summed E-state index contributed by atoms with van der Waals surface area (Å²) in [5, 5.41) is 2.13. The third-order valence-corrected chi connectivity index (χ3v) is 4.57. The van der Waals surface area contributed by atoms with Gasteiger partial charge >= 0.3 is 5.63 Å². The summed E-state index contributed by atoms with van der Waals surface area (Å²) in [7, 11) is 0. The van der Waals surface area contributed by atoms with Gasteiger partial charge in [0.15, 0.2) is 0 Å². The Bertz CT molecular complexity index is 897. The van der Waals surface area contributed by atoms with Crippen molar-refractivity contribution in [1.82, 2.24) is 0 Å². The molecule has 0 aliphatic heterocycles. The predicted octanol–water partition coefficient (Wildman–Crippen LogP) is 5.20. The maximum atomic E-state index is 12.3. The van der Waals surface area contributed by atoms with Crippen LogP contribution in [-0.4, -0.2) is 0 Å². The van der Waals surface area contributed by atoms with Gasteiger partial charge in [-0.05, 0) is 50.8 Å². The highest BCUT2D eigenvalue weighted by molar-refractivity contribution is 5.99. The number of unbranched alkanes of at least 4 members (excludes halogenated alkanes) is 2. The average Bonchev–Trinajstić information content (AvgIpc) is 2.86. The second kappa shape index (κ2) is 5.64. The van der Waals surface area contributed by atoms with Crippen LogP contribution in [-0.2, 0) is 6.42 Å². The van der Waals surface area contributed by atoms with Crippen LogP contribution in [0.4, 0.5) is 0 Å². The van der Waals surface area contributed by atoms with Crippen molar-refractivity contribution in [1.29, 1.82) is 0 Å². The second-order valence-electron chi connectivity index (χ2n) is 6.12. The maximum Gasteiger partial charge on any atom is 0.339 e. The van der Waals surface area contributed by atoms with Crippen LogP contribution < -0.4 is 5.63 Å². The lowest BCUT2D eigenvalue weighted by molar-refractivity contribution is 0.540. The molecule has 3 heteroatoms. The first-order chi connectivity index (χ1) is 10.5. The number of fused-ring (bicyclic) bond motifs is 2. The molecule has 0 saturated heterocycles. The molecule has 0 fully saturated rings. The van der Waals surface area contributed by atoms with Gasteiger partial charge in [-0.3, -0.25) is 0 Å². The topological polar surface area (TPSA) is 43.4 Å². The quantitative estimate of drug-likeness (QED) is 0.491. The van der Waals surface area contributed by atoms with Crippen LogP contribution in [0.25, 0.3) is 21.9 Å². The number of hydrogen-bond donors (Lipinski definition) is 0. The summed E-state index contributed by atoms with van der Waals surface area (Å²) in [6.07, 6.45) is 5.85. The fraction of sp³-hybridized carbons (Fsp3) is 0.421. The Hall–Kier alpha value is -2.03. The van der Waals surface area contributed by atoms with Gasteiger partial charge < -0.3 is 8.83 Å². The van der Waals surface area contributed by atoms with Crippen molar-refractivity contribution in [2.24, 2.45) is 0 Å². The molecule has 3 nitrogen and oxygen atoms in total. The van der Waals surface area contributed by atoms with Gasteiger partial charge in [-0.15, -0.1) is 0 Å². The molecule has 0 aliphatic rings. The third kappa shape index (κ3) is 2.25. The lowest BCUT2D eigenvalue weighted by Crippen LogP contribution is -2.10. The van der Waals surface area contributed by atoms with Crippen molar-refractivity contribution >= 4 is 21.9 Å². The molecule has 2 aromatic heterocycles. The molecule has 22 heavy (non-hydrogen) atoms. The molecule has 0 radical (unpaired) electrons. The van der Waals surface area contributed by atoms with Gasteiger partial charge in [-0.1, -0.05) is 19.8 Å². The van der Waals surface area contributed by atoms with Gasteiger partial charge in [0.25, 0.3) is 0 Å². The molecule has 3 aromatic rings. The van der Waals surface area contributed by atoms with Crippen molar-refractivity contribution < 1.29 is 8.83 Å². The van der Waals surface area contributed by atoms with Gasteiger partial charge in [0, 0.05) is 21.9 Å². The molecule has 0 bridgehead atoms. The smallest absolute Gasteiger partial charge is 0.339 e. The van der Waals surface area contributed by atoms with Crippen molar-refractivity contribution in [2.75, 3.05) is 0 Å². The van der Waals surface area contributed by atoms with Crippen LogP contribution in [0, 0.1) is 20.8 Å². The van der Waals surface area contributed by atoms with Crippen LogP contribution in [0.5, 0.6) is 0 Å². The Morgan fingerprint density at radius 1 is 1.00 bits per heavy atom. The molecule has 0 aliphatic carbocycles. The monoisotopic (exact) mass is 298 g/mol. The highest BCUT2D eigenvalue weighted by Crippen LogP contribution is 2.32. The summed E-state index contributed by atoms with van der Waals surface area (Å²) in [6, 6.07) is 2.10. The highest BCUT2D eigenvalue weighted by Gasteiger charge is 2.17. The van der Waals surface area contributed by atoms with Crippen LogP contribution >= 0.6 is 0 Å². The van der Waals surface area contributed by atoms with Crippen molar-refractivity contribution in [3.8, 4) is 0 Å². The predicted molar refractivity (Wildman–Crippen MR) is 89.7 cm³/mol. The first-order valence-electron chi connectivity index (χ1n) is 7.98. The zero-order valence-electron chi connectivity index (χ0n) is 13.7. The van der Waals surface area contributed by atoms with Crippen molar-refractivity contribution in [2.45, 2.75) is 53.4 Å².